The molecule has 0 aliphatic carbocycles. The minimum absolute atomic E-state index is 0.0299. The van der Waals surface area contributed by atoms with Crippen LogP contribution in [-0.4, -0.2) is 39.6 Å². The van der Waals surface area contributed by atoms with Crippen molar-refractivity contribution < 1.29 is 23.1 Å². The standard InChI is InChI=1S/C29H24F2N4O3/c1-17-10-22(31)14-23(11-17)35-15-24(19-4-6-21(30)7-5-19)28(33-35)29-34(27(37)16-38-29)9-8-18-2-3-20-13-26(36)32-25(20)12-18/h2-7,10-12,14-15,29H,8-9,13,16H2,1H3,(H,32,36)/t29-/m0/s1. The molecule has 1 fully saturated rings. The van der Waals surface area contributed by atoms with Crippen LogP contribution in [-0.2, 0) is 27.2 Å². The highest BCUT2D eigenvalue weighted by molar-refractivity contribution is 5.99. The topological polar surface area (TPSA) is 76.5 Å². The maximum Gasteiger partial charge on any atom is 0.251 e. The first-order valence-corrected chi connectivity index (χ1v) is 12.3. The van der Waals surface area contributed by atoms with Crippen molar-refractivity contribution in [3.63, 3.8) is 0 Å². The van der Waals surface area contributed by atoms with Crippen LogP contribution in [0.25, 0.3) is 16.8 Å². The second kappa shape index (κ2) is 9.50. The number of aromatic nitrogens is 2. The number of halogens is 2. The molecule has 3 aromatic carbocycles. The van der Waals surface area contributed by atoms with Crippen LogP contribution in [0.4, 0.5) is 14.5 Å². The van der Waals surface area contributed by atoms with E-state index in [0.29, 0.717) is 41.9 Å². The SMILES string of the molecule is Cc1cc(F)cc(-n2cc(-c3ccc(F)cc3)c([C@@H]3OCC(=O)N3CCc3ccc4c(c3)NC(=O)C4)n2)c1. The van der Waals surface area contributed by atoms with Crippen LogP contribution < -0.4 is 5.32 Å². The smallest absolute Gasteiger partial charge is 0.251 e. The van der Waals surface area contributed by atoms with E-state index in [2.05, 4.69) is 5.32 Å². The third kappa shape index (κ3) is 4.56. The molecule has 0 spiro atoms. The van der Waals surface area contributed by atoms with E-state index < -0.39 is 6.23 Å². The quantitative estimate of drug-likeness (QED) is 0.404. The zero-order valence-electron chi connectivity index (χ0n) is 20.6. The van der Waals surface area contributed by atoms with Gasteiger partial charge in [-0.15, -0.1) is 0 Å². The number of nitrogens with zero attached hydrogens (tertiary/aromatic N) is 3. The lowest BCUT2D eigenvalue weighted by Crippen LogP contribution is -2.31. The summed E-state index contributed by atoms with van der Waals surface area (Å²) >= 11 is 0. The fraction of sp³-hybridized carbons (Fsp3) is 0.207. The van der Waals surface area contributed by atoms with Crippen molar-refractivity contribution in [1.82, 2.24) is 14.7 Å². The molecule has 7 nitrogen and oxygen atoms in total. The molecule has 3 heterocycles. The van der Waals surface area contributed by atoms with Crippen molar-refractivity contribution in [2.45, 2.75) is 26.0 Å². The van der Waals surface area contributed by atoms with Crippen molar-refractivity contribution >= 4 is 17.5 Å². The van der Waals surface area contributed by atoms with Gasteiger partial charge in [0.05, 0.1) is 12.1 Å². The molecule has 192 valence electrons. The summed E-state index contributed by atoms with van der Waals surface area (Å²) in [5.74, 6) is -0.967. The summed E-state index contributed by atoms with van der Waals surface area (Å²) in [6.45, 7) is 2.06. The lowest BCUT2D eigenvalue weighted by Gasteiger charge is -2.23. The zero-order chi connectivity index (χ0) is 26.4. The van der Waals surface area contributed by atoms with Gasteiger partial charge in [0.1, 0.15) is 23.9 Å². The Hall–Kier alpha value is -4.37. The third-order valence-corrected chi connectivity index (χ3v) is 6.83. The van der Waals surface area contributed by atoms with Crippen molar-refractivity contribution in [3.8, 4) is 16.8 Å². The van der Waals surface area contributed by atoms with Crippen LogP contribution >= 0.6 is 0 Å². The molecule has 38 heavy (non-hydrogen) atoms. The number of carbonyl (C=O) groups is 2. The minimum Gasteiger partial charge on any atom is -0.342 e. The number of benzene rings is 3. The highest BCUT2D eigenvalue weighted by Crippen LogP contribution is 2.35. The van der Waals surface area contributed by atoms with Crippen LogP contribution in [0.5, 0.6) is 0 Å². The van der Waals surface area contributed by atoms with Crippen molar-refractivity contribution in [2.75, 3.05) is 18.5 Å². The summed E-state index contributed by atoms with van der Waals surface area (Å²) in [7, 11) is 0. The lowest BCUT2D eigenvalue weighted by atomic mass is 10.0. The first kappa shape index (κ1) is 24.0. The number of hydrogen-bond donors (Lipinski definition) is 1. The number of fused-ring (bicyclic) bond motifs is 1. The van der Waals surface area contributed by atoms with Gasteiger partial charge in [0.15, 0.2) is 6.23 Å². The Morgan fingerprint density at radius 2 is 1.84 bits per heavy atom. The molecule has 1 N–H and O–H groups in total. The Labute approximate surface area is 217 Å². The average molecular weight is 515 g/mol. The third-order valence-electron chi connectivity index (χ3n) is 6.83. The normalized spacial score (nSPS) is 16.7. The molecule has 0 radical (unpaired) electrons. The molecule has 0 saturated carbocycles. The molecule has 6 rings (SSSR count). The van der Waals surface area contributed by atoms with Gasteiger partial charge in [-0.3, -0.25) is 9.59 Å². The van der Waals surface area contributed by atoms with Crippen LogP contribution in [0.1, 0.15) is 28.6 Å². The van der Waals surface area contributed by atoms with E-state index in [9.17, 15) is 18.4 Å². The zero-order valence-corrected chi connectivity index (χ0v) is 20.6. The molecule has 2 aliphatic rings. The predicted molar refractivity (Wildman–Crippen MR) is 137 cm³/mol. The van der Waals surface area contributed by atoms with Gasteiger partial charge in [-0.25, -0.2) is 13.5 Å². The molecule has 9 heteroatoms. The van der Waals surface area contributed by atoms with Crippen LogP contribution in [0.15, 0.2) is 66.9 Å². The van der Waals surface area contributed by atoms with E-state index in [1.807, 2.05) is 18.2 Å². The van der Waals surface area contributed by atoms with Gasteiger partial charge in [-0.05, 0) is 72.0 Å². The van der Waals surface area contributed by atoms with Crippen LogP contribution in [0, 0.1) is 18.6 Å². The molecule has 1 atom stereocenters. The van der Waals surface area contributed by atoms with Crippen LogP contribution in [0.2, 0.25) is 0 Å². The molecule has 1 aromatic heterocycles. The number of aryl methyl sites for hydroxylation is 1. The van der Waals surface area contributed by atoms with Gasteiger partial charge in [0, 0.05) is 24.0 Å². The predicted octanol–water partition coefficient (Wildman–Crippen LogP) is 4.72. The summed E-state index contributed by atoms with van der Waals surface area (Å²) in [4.78, 5) is 26.2. The van der Waals surface area contributed by atoms with Gasteiger partial charge >= 0.3 is 0 Å². The van der Waals surface area contributed by atoms with Gasteiger partial charge in [0.2, 0.25) is 5.91 Å². The monoisotopic (exact) mass is 514 g/mol. The maximum absolute atomic E-state index is 14.2. The Kier molecular flexibility index (Phi) is 6.00. The van der Waals surface area contributed by atoms with E-state index in [1.165, 1.54) is 24.3 Å². The summed E-state index contributed by atoms with van der Waals surface area (Å²) in [5, 5.41) is 7.58. The van der Waals surface area contributed by atoms with Gasteiger partial charge in [-0.1, -0.05) is 24.3 Å². The van der Waals surface area contributed by atoms with E-state index in [0.717, 1.165) is 22.4 Å². The first-order valence-electron chi connectivity index (χ1n) is 12.3. The molecule has 4 aromatic rings. The number of ether oxygens (including phenoxy) is 1. The molecule has 2 amide bonds. The fourth-order valence-corrected chi connectivity index (χ4v) is 4.99. The van der Waals surface area contributed by atoms with E-state index >= 15 is 0 Å². The Morgan fingerprint density at radius 3 is 2.63 bits per heavy atom. The largest absolute Gasteiger partial charge is 0.342 e. The minimum atomic E-state index is -0.771. The number of nitrogens with one attached hydrogen (secondary N) is 1. The molecule has 0 bridgehead atoms. The van der Waals surface area contributed by atoms with Crippen molar-refractivity contribution in [3.05, 3.63) is 101 Å². The molecule has 1 saturated heterocycles. The van der Waals surface area contributed by atoms with E-state index in [4.69, 9.17) is 9.84 Å². The Morgan fingerprint density at radius 1 is 1.03 bits per heavy atom. The highest BCUT2D eigenvalue weighted by atomic mass is 19.1. The van der Waals surface area contributed by atoms with E-state index in [1.54, 1.807) is 40.9 Å². The summed E-state index contributed by atoms with van der Waals surface area (Å²) in [6, 6.07) is 16.4. The van der Waals surface area contributed by atoms with Crippen molar-refractivity contribution in [2.24, 2.45) is 0 Å². The number of hydrogen-bond acceptors (Lipinski definition) is 4. The second-order valence-electron chi connectivity index (χ2n) is 9.58. The second-order valence-corrected chi connectivity index (χ2v) is 9.58. The number of rotatable bonds is 6. The fourth-order valence-electron chi connectivity index (χ4n) is 4.99. The number of carbonyl (C=O) groups excluding carboxylic acids is 2. The number of anilines is 1. The number of amides is 2. The first-order chi connectivity index (χ1) is 18.3. The van der Waals surface area contributed by atoms with E-state index in [-0.39, 0.29) is 30.1 Å². The maximum atomic E-state index is 14.2. The summed E-state index contributed by atoms with van der Waals surface area (Å²) < 4.78 is 35.3. The van der Waals surface area contributed by atoms with Gasteiger partial charge in [0.25, 0.3) is 5.91 Å². The molecule has 2 aliphatic heterocycles. The summed E-state index contributed by atoms with van der Waals surface area (Å²) in [5.41, 5.74) is 5.81. The summed E-state index contributed by atoms with van der Waals surface area (Å²) in [6.07, 6.45) is 1.89. The van der Waals surface area contributed by atoms with Gasteiger partial charge in [-0.2, -0.15) is 5.10 Å². The molecular weight excluding hydrogens is 490 g/mol. The molecular formula is C29H24F2N4O3. The van der Waals surface area contributed by atoms with Crippen molar-refractivity contribution in [1.29, 1.82) is 0 Å². The highest BCUT2D eigenvalue weighted by Gasteiger charge is 2.36. The molecule has 0 unspecified atom stereocenters. The Balaban J connectivity index is 1.34. The van der Waals surface area contributed by atoms with Crippen LogP contribution in [0.3, 0.4) is 0 Å². The lowest BCUT2D eigenvalue weighted by molar-refractivity contribution is -0.128. The Bertz CT molecular complexity index is 1540. The average Bonchev–Trinajstić information content (AvgIpc) is 3.58. The van der Waals surface area contributed by atoms with Gasteiger partial charge < -0.3 is 15.0 Å².